The highest BCUT2D eigenvalue weighted by atomic mass is 16.5. The summed E-state index contributed by atoms with van der Waals surface area (Å²) in [6, 6.07) is 4.17. The Balaban J connectivity index is 2.26. The van der Waals surface area contributed by atoms with Crippen LogP contribution < -0.4 is 4.90 Å². The van der Waals surface area contributed by atoms with E-state index in [1.165, 1.54) is 5.56 Å². The lowest BCUT2D eigenvalue weighted by Gasteiger charge is -2.36. The number of ether oxygens (including phenoxy) is 1. The fourth-order valence-electron chi connectivity index (χ4n) is 2.31. The van der Waals surface area contributed by atoms with Gasteiger partial charge in [0.25, 0.3) is 0 Å². The molecule has 1 aliphatic rings. The first-order chi connectivity index (χ1) is 8.08. The standard InChI is InChI=1S/C14H20N2O/c1-5-13-6-10(2)7-14(15-13)16-8-11(3)17-12(4)9-16/h5-7,11-12H,1,8-9H2,2-4H3. The average molecular weight is 232 g/mol. The Morgan fingerprint density at radius 1 is 1.35 bits per heavy atom. The third-order valence-corrected chi connectivity index (χ3v) is 2.93. The summed E-state index contributed by atoms with van der Waals surface area (Å²) in [6.45, 7) is 11.9. The smallest absolute Gasteiger partial charge is 0.129 e. The Labute approximate surface area is 103 Å². The van der Waals surface area contributed by atoms with Crippen LogP contribution in [0.5, 0.6) is 0 Å². The van der Waals surface area contributed by atoms with Crippen molar-refractivity contribution >= 4 is 11.9 Å². The fourth-order valence-corrected chi connectivity index (χ4v) is 2.31. The summed E-state index contributed by atoms with van der Waals surface area (Å²) in [7, 11) is 0. The number of aromatic nitrogens is 1. The lowest BCUT2D eigenvalue weighted by atomic mass is 10.2. The average Bonchev–Trinajstić information content (AvgIpc) is 2.26. The number of nitrogens with zero attached hydrogens (tertiary/aromatic N) is 2. The molecule has 3 nitrogen and oxygen atoms in total. The Hall–Kier alpha value is -1.35. The van der Waals surface area contributed by atoms with Gasteiger partial charge in [-0.3, -0.25) is 0 Å². The maximum Gasteiger partial charge on any atom is 0.129 e. The second-order valence-corrected chi connectivity index (χ2v) is 4.79. The molecular formula is C14H20N2O. The van der Waals surface area contributed by atoms with Gasteiger partial charge in [0.05, 0.1) is 17.9 Å². The molecule has 1 aromatic rings. The third kappa shape index (κ3) is 2.86. The Morgan fingerprint density at radius 2 is 2.00 bits per heavy atom. The van der Waals surface area contributed by atoms with Gasteiger partial charge >= 0.3 is 0 Å². The molecule has 0 amide bonds. The lowest BCUT2D eigenvalue weighted by molar-refractivity contribution is -0.00546. The van der Waals surface area contributed by atoms with Crippen LogP contribution in [0.2, 0.25) is 0 Å². The zero-order chi connectivity index (χ0) is 12.4. The van der Waals surface area contributed by atoms with Crippen molar-refractivity contribution in [1.82, 2.24) is 4.98 Å². The van der Waals surface area contributed by atoms with Gasteiger partial charge in [-0.05, 0) is 44.5 Å². The molecular weight excluding hydrogens is 212 g/mol. The van der Waals surface area contributed by atoms with Crippen LogP contribution in [0.3, 0.4) is 0 Å². The lowest BCUT2D eigenvalue weighted by Crippen LogP contribution is -2.45. The van der Waals surface area contributed by atoms with Gasteiger partial charge in [0.2, 0.25) is 0 Å². The van der Waals surface area contributed by atoms with Gasteiger partial charge < -0.3 is 9.64 Å². The molecule has 1 fully saturated rings. The van der Waals surface area contributed by atoms with Crippen molar-refractivity contribution in [2.75, 3.05) is 18.0 Å². The van der Waals surface area contributed by atoms with Crippen molar-refractivity contribution < 1.29 is 4.74 Å². The zero-order valence-electron chi connectivity index (χ0n) is 10.8. The first kappa shape index (κ1) is 12.1. The molecule has 0 saturated carbocycles. The summed E-state index contributed by atoms with van der Waals surface area (Å²) in [4.78, 5) is 6.89. The van der Waals surface area contributed by atoms with Crippen LogP contribution in [-0.4, -0.2) is 30.3 Å². The maximum atomic E-state index is 5.74. The monoisotopic (exact) mass is 232 g/mol. The largest absolute Gasteiger partial charge is 0.372 e. The molecule has 2 unspecified atom stereocenters. The van der Waals surface area contributed by atoms with Crippen LogP contribution in [0.15, 0.2) is 18.7 Å². The number of aryl methyl sites for hydroxylation is 1. The number of pyridine rings is 1. The molecule has 0 N–H and O–H groups in total. The van der Waals surface area contributed by atoms with Gasteiger partial charge in [-0.15, -0.1) is 0 Å². The van der Waals surface area contributed by atoms with Crippen molar-refractivity contribution in [3.8, 4) is 0 Å². The molecule has 1 aromatic heterocycles. The topological polar surface area (TPSA) is 25.4 Å². The van der Waals surface area contributed by atoms with Crippen LogP contribution >= 0.6 is 0 Å². The third-order valence-electron chi connectivity index (χ3n) is 2.93. The molecule has 1 saturated heterocycles. The van der Waals surface area contributed by atoms with Crippen LogP contribution in [0.1, 0.15) is 25.1 Å². The molecule has 0 aliphatic carbocycles. The minimum absolute atomic E-state index is 0.258. The summed E-state index contributed by atoms with van der Waals surface area (Å²) in [6.07, 6.45) is 2.31. The van der Waals surface area contributed by atoms with E-state index in [-0.39, 0.29) is 12.2 Å². The number of morpholine rings is 1. The highest BCUT2D eigenvalue weighted by Gasteiger charge is 2.23. The Bertz CT molecular complexity index is 407. The molecule has 0 spiro atoms. The molecule has 2 rings (SSSR count). The molecule has 0 radical (unpaired) electrons. The van der Waals surface area contributed by atoms with Crippen LogP contribution in [0, 0.1) is 6.92 Å². The molecule has 1 aliphatic heterocycles. The summed E-state index contributed by atoms with van der Waals surface area (Å²) in [5.74, 6) is 1.03. The SMILES string of the molecule is C=Cc1cc(C)cc(N2CC(C)OC(C)C2)n1. The molecule has 3 heteroatoms. The van der Waals surface area contributed by atoms with E-state index in [0.29, 0.717) is 0 Å². The van der Waals surface area contributed by atoms with E-state index in [4.69, 9.17) is 4.74 Å². The zero-order valence-corrected chi connectivity index (χ0v) is 10.8. The number of rotatable bonds is 2. The van der Waals surface area contributed by atoms with Crippen molar-refractivity contribution in [3.63, 3.8) is 0 Å². The van der Waals surface area contributed by atoms with Gasteiger partial charge in [0.1, 0.15) is 5.82 Å². The van der Waals surface area contributed by atoms with Crippen molar-refractivity contribution in [3.05, 3.63) is 30.0 Å². The second-order valence-electron chi connectivity index (χ2n) is 4.79. The fraction of sp³-hybridized carbons (Fsp3) is 0.500. The van der Waals surface area contributed by atoms with Crippen molar-refractivity contribution in [2.45, 2.75) is 33.0 Å². The second kappa shape index (κ2) is 4.88. The summed E-state index contributed by atoms with van der Waals surface area (Å²) < 4.78 is 5.74. The van der Waals surface area contributed by atoms with E-state index in [9.17, 15) is 0 Å². The number of hydrogen-bond donors (Lipinski definition) is 0. The molecule has 2 atom stereocenters. The van der Waals surface area contributed by atoms with Gasteiger partial charge in [0.15, 0.2) is 0 Å². The van der Waals surface area contributed by atoms with E-state index >= 15 is 0 Å². The Morgan fingerprint density at radius 3 is 2.59 bits per heavy atom. The first-order valence-corrected chi connectivity index (χ1v) is 6.10. The molecule has 92 valence electrons. The summed E-state index contributed by atoms with van der Waals surface area (Å²) in [5, 5.41) is 0. The maximum absolute atomic E-state index is 5.74. The minimum atomic E-state index is 0.258. The van der Waals surface area contributed by atoms with Gasteiger partial charge in [-0.1, -0.05) is 6.58 Å². The van der Waals surface area contributed by atoms with Crippen LogP contribution in [-0.2, 0) is 4.74 Å². The number of anilines is 1. The quantitative estimate of drug-likeness (QED) is 0.784. The van der Waals surface area contributed by atoms with E-state index in [0.717, 1.165) is 24.6 Å². The van der Waals surface area contributed by atoms with Crippen LogP contribution in [0.25, 0.3) is 6.08 Å². The van der Waals surface area contributed by atoms with Gasteiger partial charge in [0, 0.05) is 13.1 Å². The van der Waals surface area contributed by atoms with Crippen LogP contribution in [0.4, 0.5) is 5.82 Å². The van der Waals surface area contributed by atoms with Crippen molar-refractivity contribution in [2.24, 2.45) is 0 Å². The molecule has 17 heavy (non-hydrogen) atoms. The predicted molar refractivity (Wildman–Crippen MR) is 71.3 cm³/mol. The first-order valence-electron chi connectivity index (χ1n) is 6.10. The molecule has 2 heterocycles. The highest BCUT2D eigenvalue weighted by molar-refractivity contribution is 5.51. The summed E-state index contributed by atoms with van der Waals surface area (Å²) >= 11 is 0. The minimum Gasteiger partial charge on any atom is -0.372 e. The van der Waals surface area contributed by atoms with E-state index in [2.05, 4.69) is 43.3 Å². The molecule has 0 bridgehead atoms. The van der Waals surface area contributed by atoms with Gasteiger partial charge in [-0.2, -0.15) is 0 Å². The summed E-state index contributed by atoms with van der Waals surface area (Å²) in [5.41, 5.74) is 2.16. The van der Waals surface area contributed by atoms with E-state index in [1.807, 2.05) is 6.07 Å². The number of hydrogen-bond acceptors (Lipinski definition) is 3. The molecule has 0 aromatic carbocycles. The normalized spacial score (nSPS) is 24.8. The Kier molecular flexibility index (Phi) is 3.48. The van der Waals surface area contributed by atoms with E-state index < -0.39 is 0 Å². The van der Waals surface area contributed by atoms with Gasteiger partial charge in [-0.25, -0.2) is 4.98 Å². The van der Waals surface area contributed by atoms with Crippen molar-refractivity contribution in [1.29, 1.82) is 0 Å². The van der Waals surface area contributed by atoms with E-state index in [1.54, 1.807) is 6.08 Å². The highest BCUT2D eigenvalue weighted by Crippen LogP contribution is 2.20. The predicted octanol–water partition coefficient (Wildman–Crippen LogP) is 2.65.